The van der Waals surface area contributed by atoms with Gasteiger partial charge in [0.2, 0.25) is 0 Å². The summed E-state index contributed by atoms with van der Waals surface area (Å²) in [5, 5.41) is 0. The van der Waals surface area contributed by atoms with Crippen molar-refractivity contribution >= 4 is 40.5 Å². The van der Waals surface area contributed by atoms with E-state index in [2.05, 4.69) is 6.70 Å². The van der Waals surface area contributed by atoms with E-state index in [9.17, 15) is 43.2 Å². The van der Waals surface area contributed by atoms with Gasteiger partial charge < -0.3 is 0 Å². The Balaban J connectivity index is 3.52. The predicted molar refractivity (Wildman–Crippen MR) is 99.0 cm³/mol. The van der Waals surface area contributed by atoms with Crippen LogP contribution in [0.4, 0.5) is 26.3 Å². The van der Waals surface area contributed by atoms with Crippen molar-refractivity contribution in [2.24, 2.45) is 0 Å². The molecular weight excluding hydrogens is 569 g/mol. The van der Waals surface area contributed by atoms with Gasteiger partial charge in [-0.25, -0.2) is 0 Å². The van der Waals surface area contributed by atoms with Gasteiger partial charge in [0.05, 0.1) is 0 Å². The number of aryl methyl sites for hydroxylation is 1. The minimum absolute atomic E-state index is 0.00568. The van der Waals surface area contributed by atoms with E-state index in [4.69, 9.17) is 0 Å². The van der Waals surface area contributed by atoms with Gasteiger partial charge in [-0.2, -0.15) is 0 Å². The molecule has 0 bridgehead atoms. The first-order valence-electron chi connectivity index (χ1n) is 7.48. The first-order chi connectivity index (χ1) is 13.0. The van der Waals surface area contributed by atoms with E-state index in [0.717, 1.165) is 0 Å². The van der Waals surface area contributed by atoms with Crippen LogP contribution < -0.4 is 0 Å². The van der Waals surface area contributed by atoms with E-state index >= 15 is 0 Å². The van der Waals surface area contributed by atoms with Crippen LogP contribution in [0.2, 0.25) is 0 Å². The van der Waals surface area contributed by atoms with Crippen LogP contribution in [0.3, 0.4) is 0 Å². The molecule has 0 aliphatic rings. The van der Waals surface area contributed by atoms with E-state index in [1.807, 2.05) is 0 Å². The molecule has 0 heterocycles. The van der Waals surface area contributed by atoms with Crippen molar-refractivity contribution in [2.45, 2.75) is 37.7 Å². The molecule has 0 atom stereocenters. The van der Waals surface area contributed by atoms with Gasteiger partial charge in [-0.1, -0.05) is 0 Å². The monoisotopic (exact) mass is 584 g/mol. The summed E-state index contributed by atoms with van der Waals surface area (Å²) < 4.78 is 130. The second kappa shape index (κ2) is 9.38. The topological polar surface area (TPSA) is 86.7 Å². The second-order valence-electron chi connectivity index (χ2n) is 5.30. The first-order valence-corrected chi connectivity index (χ1v) is 13.5. The Morgan fingerprint density at radius 2 is 1.52 bits per heavy atom. The van der Waals surface area contributed by atoms with Crippen molar-refractivity contribution in [3.05, 3.63) is 43.2 Å². The molecule has 0 aliphatic carbocycles. The van der Waals surface area contributed by atoms with Crippen LogP contribution in [0.25, 0.3) is 0 Å². The maximum absolute atomic E-state index is 12.7. The molecule has 0 fully saturated rings. The molecule has 0 spiro atoms. The van der Waals surface area contributed by atoms with Crippen molar-refractivity contribution in [1.29, 1.82) is 0 Å². The first kappa shape index (κ1) is 26.0. The number of hydrogen-bond acceptors (Lipinski definition) is 6. The fourth-order valence-electron chi connectivity index (χ4n) is 1.66. The molecule has 1 aromatic carbocycles. The summed E-state index contributed by atoms with van der Waals surface area (Å²) in [5.41, 5.74) is -11.2. The summed E-state index contributed by atoms with van der Waals surface area (Å²) >= 11 is -4.04. The Morgan fingerprint density at radius 1 is 1.00 bits per heavy atom. The molecule has 6 nitrogen and oxygen atoms in total. The van der Waals surface area contributed by atoms with Crippen molar-refractivity contribution in [1.82, 2.24) is 0 Å². The van der Waals surface area contributed by atoms with E-state index in [1.54, 1.807) is 0 Å². The molecule has 0 radical (unpaired) electrons. The van der Waals surface area contributed by atoms with Gasteiger partial charge in [0.15, 0.2) is 0 Å². The third kappa shape index (κ3) is 6.99. The van der Waals surface area contributed by atoms with E-state index < -0.39 is 63.7 Å². The molecule has 1 rings (SSSR count). The molecule has 1 aromatic rings. The van der Waals surface area contributed by atoms with Gasteiger partial charge in [-0.15, -0.1) is 0 Å². The quantitative estimate of drug-likeness (QED) is 0.141. The van der Waals surface area contributed by atoms with E-state index in [0.29, 0.717) is 9.65 Å². The number of allylic oxidation sites excluding steroid dienone is 1. The van der Waals surface area contributed by atoms with Crippen molar-refractivity contribution in [2.75, 3.05) is 0 Å². The van der Waals surface area contributed by atoms with E-state index in [-0.39, 0.29) is 9.99 Å². The number of halogens is 7. The number of alkyl halides is 6. The van der Waals surface area contributed by atoms with Gasteiger partial charge >= 0.3 is 171 Å². The zero-order chi connectivity index (χ0) is 22.7. The molecule has 0 aromatic heterocycles. The molecule has 0 saturated heterocycles. The van der Waals surface area contributed by atoms with Crippen molar-refractivity contribution < 1.29 is 49.9 Å². The summed E-state index contributed by atoms with van der Waals surface area (Å²) in [6, 6.07) is 5.51. The van der Waals surface area contributed by atoms with Gasteiger partial charge in [-0.3, -0.25) is 0 Å². The standard InChI is InChI=1S/C14H15F6IO6S2/c1-3-6-11(26-28(22,23)13(15,16)17)9-21(12-8-5-4-7-10(12)2)27-29(24,25)14(18,19)20/h4-5,7-9H,3,6H2,1-2H3/b11-9+. The molecule has 0 amide bonds. The van der Waals surface area contributed by atoms with Crippen LogP contribution in [-0.2, 0) is 26.9 Å². The fraction of sp³-hybridized carbons (Fsp3) is 0.429. The average Bonchev–Trinajstić information content (AvgIpc) is 2.52. The van der Waals surface area contributed by atoms with Gasteiger partial charge in [0.25, 0.3) is 0 Å². The maximum atomic E-state index is 12.7. The van der Waals surface area contributed by atoms with Crippen LogP contribution >= 0.6 is 20.2 Å². The Labute approximate surface area is 171 Å². The van der Waals surface area contributed by atoms with Gasteiger partial charge in [0, 0.05) is 0 Å². The Bertz CT molecular complexity index is 954. The Hall–Kier alpha value is -1.07. The third-order valence-electron chi connectivity index (χ3n) is 2.93. The Morgan fingerprint density at radius 3 is 1.97 bits per heavy atom. The normalized spacial score (nSPS) is 14.6. The SMILES string of the molecule is CCC/C(=C\I(OS(=O)(=O)C(F)(F)F)c1ccccc1C)OS(=O)(=O)C(F)(F)F. The molecular formula is C14H15F6IO6S2. The van der Waals surface area contributed by atoms with Gasteiger partial charge in [0.1, 0.15) is 0 Å². The summed E-state index contributed by atoms with van der Waals surface area (Å²) in [4.78, 5) is 0. The Kier molecular flexibility index (Phi) is 8.40. The minimum atomic E-state index is -6.10. The molecule has 0 unspecified atom stereocenters. The van der Waals surface area contributed by atoms with Crippen molar-refractivity contribution in [3.63, 3.8) is 0 Å². The zero-order valence-electron chi connectivity index (χ0n) is 14.7. The van der Waals surface area contributed by atoms with Crippen LogP contribution in [-0.4, -0.2) is 27.9 Å². The summed E-state index contributed by atoms with van der Waals surface area (Å²) in [6.45, 7) is 2.86. The summed E-state index contributed by atoms with van der Waals surface area (Å²) in [6.07, 6.45) is -0.354. The van der Waals surface area contributed by atoms with Crippen molar-refractivity contribution in [3.8, 4) is 0 Å². The number of benzene rings is 1. The van der Waals surface area contributed by atoms with Crippen LogP contribution in [0.1, 0.15) is 25.3 Å². The predicted octanol–water partition coefficient (Wildman–Crippen LogP) is 4.96. The number of rotatable bonds is 8. The van der Waals surface area contributed by atoms with Crippen LogP contribution in [0.15, 0.2) is 34.1 Å². The van der Waals surface area contributed by atoms with Crippen LogP contribution in [0.5, 0.6) is 0 Å². The molecule has 0 saturated carbocycles. The molecule has 168 valence electrons. The molecule has 0 N–H and O–H groups in total. The van der Waals surface area contributed by atoms with E-state index in [1.165, 1.54) is 38.1 Å². The fourth-order valence-corrected chi connectivity index (χ4v) is 8.71. The zero-order valence-corrected chi connectivity index (χ0v) is 18.5. The molecule has 15 heteroatoms. The summed E-state index contributed by atoms with van der Waals surface area (Å²) in [7, 11) is -12.2. The van der Waals surface area contributed by atoms with Crippen LogP contribution in [0, 0.1) is 10.5 Å². The molecule has 0 aliphatic heterocycles. The summed E-state index contributed by atoms with van der Waals surface area (Å²) in [5.74, 6) is -0.851. The average molecular weight is 584 g/mol. The van der Waals surface area contributed by atoms with Gasteiger partial charge in [-0.05, 0) is 0 Å². The number of hydrogen-bond donors (Lipinski definition) is 0. The third-order valence-corrected chi connectivity index (χ3v) is 11.0. The second-order valence-corrected chi connectivity index (χ2v) is 12.8. The molecule has 29 heavy (non-hydrogen) atoms.